The molecule has 3 fully saturated rings. The van der Waals surface area contributed by atoms with Crippen molar-refractivity contribution in [1.29, 1.82) is 0 Å². The van der Waals surface area contributed by atoms with Crippen LogP contribution in [0.4, 0.5) is 11.9 Å². The van der Waals surface area contributed by atoms with Crippen LogP contribution >= 0.6 is 0 Å². The number of nitrogens with two attached hydrogens (primary N) is 1. The van der Waals surface area contributed by atoms with E-state index in [1.807, 2.05) is 0 Å². The first-order chi connectivity index (χ1) is 8.74. The van der Waals surface area contributed by atoms with Gasteiger partial charge in [0.15, 0.2) is 0 Å². The molecule has 1 aromatic rings. The van der Waals surface area contributed by atoms with Crippen LogP contribution in [0.2, 0.25) is 0 Å². The number of ether oxygens (including phenoxy) is 1. The van der Waals surface area contributed by atoms with Gasteiger partial charge in [0.25, 0.3) is 0 Å². The first-order valence-electron chi connectivity index (χ1n) is 6.29. The maximum absolute atomic E-state index is 5.62. The number of hydrogen-bond donors (Lipinski definition) is 2. The third kappa shape index (κ3) is 2.17. The van der Waals surface area contributed by atoms with Crippen molar-refractivity contribution in [3.8, 4) is 6.01 Å². The predicted octanol–water partition coefficient (Wildman–Crippen LogP) is -0.0315. The normalized spacial score (nSPS) is 30.2. The molecule has 0 saturated carbocycles. The monoisotopic (exact) mass is 250 g/mol. The van der Waals surface area contributed by atoms with Crippen LogP contribution < -0.4 is 15.8 Å². The highest BCUT2D eigenvalue weighted by molar-refractivity contribution is 5.34. The molecule has 1 unspecified atom stereocenters. The highest BCUT2D eigenvalue weighted by Gasteiger charge is 2.34. The van der Waals surface area contributed by atoms with E-state index in [1.165, 1.54) is 33.0 Å². The first kappa shape index (κ1) is 11.5. The molecule has 0 spiro atoms. The lowest BCUT2D eigenvalue weighted by Gasteiger charge is -2.44. The predicted molar refractivity (Wildman–Crippen MR) is 67.4 cm³/mol. The van der Waals surface area contributed by atoms with E-state index in [0.717, 1.165) is 6.54 Å². The van der Waals surface area contributed by atoms with Crippen LogP contribution in [0.3, 0.4) is 0 Å². The standard InChI is InChI=1S/C11H18N6O/c1-18-11-15-9(12)14-10(16-11)13-8-6-17-4-2-7(8)3-5-17/h7-8H,2-6H2,1H3,(H3,12,13,14,15,16). The number of piperidine rings is 3. The van der Waals surface area contributed by atoms with Crippen LogP contribution in [0, 0.1) is 5.92 Å². The fourth-order valence-electron chi connectivity index (χ4n) is 2.82. The van der Waals surface area contributed by atoms with Gasteiger partial charge < -0.3 is 20.7 Å². The van der Waals surface area contributed by atoms with E-state index in [-0.39, 0.29) is 12.0 Å². The van der Waals surface area contributed by atoms with E-state index in [0.29, 0.717) is 17.9 Å². The van der Waals surface area contributed by atoms with Crippen molar-refractivity contribution < 1.29 is 4.74 Å². The second-order valence-electron chi connectivity index (χ2n) is 4.89. The minimum Gasteiger partial charge on any atom is -0.467 e. The zero-order valence-electron chi connectivity index (χ0n) is 10.5. The van der Waals surface area contributed by atoms with Crippen molar-refractivity contribution in [2.75, 3.05) is 37.8 Å². The van der Waals surface area contributed by atoms with E-state index in [2.05, 4.69) is 25.2 Å². The molecule has 0 amide bonds. The zero-order valence-corrected chi connectivity index (χ0v) is 10.5. The second kappa shape index (κ2) is 4.56. The molecule has 1 aromatic heterocycles. The van der Waals surface area contributed by atoms with Gasteiger partial charge in [-0.1, -0.05) is 0 Å². The van der Waals surface area contributed by atoms with Gasteiger partial charge >= 0.3 is 6.01 Å². The fraction of sp³-hybridized carbons (Fsp3) is 0.727. The molecule has 0 aliphatic carbocycles. The molecule has 18 heavy (non-hydrogen) atoms. The highest BCUT2D eigenvalue weighted by Crippen LogP contribution is 2.29. The molecule has 0 aromatic carbocycles. The molecule has 3 aliphatic rings. The number of nitrogen functional groups attached to an aromatic ring is 1. The van der Waals surface area contributed by atoms with Gasteiger partial charge in [0.1, 0.15) is 0 Å². The molecule has 4 heterocycles. The fourth-order valence-corrected chi connectivity index (χ4v) is 2.82. The molecule has 3 saturated heterocycles. The summed E-state index contributed by atoms with van der Waals surface area (Å²) in [5.41, 5.74) is 5.62. The summed E-state index contributed by atoms with van der Waals surface area (Å²) in [6, 6.07) is 0.658. The lowest BCUT2D eigenvalue weighted by atomic mass is 9.84. The Balaban J connectivity index is 1.74. The molecule has 0 radical (unpaired) electrons. The number of aromatic nitrogens is 3. The average molecular weight is 250 g/mol. The molecule has 98 valence electrons. The summed E-state index contributed by atoms with van der Waals surface area (Å²) in [4.78, 5) is 14.6. The van der Waals surface area contributed by atoms with Crippen LogP contribution in [0.25, 0.3) is 0 Å². The van der Waals surface area contributed by atoms with Gasteiger partial charge in [0.05, 0.1) is 7.11 Å². The van der Waals surface area contributed by atoms with E-state index in [1.54, 1.807) is 0 Å². The Kier molecular flexibility index (Phi) is 2.91. The Morgan fingerprint density at radius 3 is 2.67 bits per heavy atom. The van der Waals surface area contributed by atoms with Crippen LogP contribution in [0.1, 0.15) is 12.8 Å². The van der Waals surface area contributed by atoms with Crippen molar-refractivity contribution in [1.82, 2.24) is 19.9 Å². The number of methoxy groups -OCH3 is 1. The Labute approximate surface area is 106 Å². The third-order valence-electron chi connectivity index (χ3n) is 3.79. The molecule has 7 heteroatoms. The largest absolute Gasteiger partial charge is 0.467 e. The summed E-state index contributed by atoms with van der Waals surface area (Å²) in [6.07, 6.45) is 2.49. The topological polar surface area (TPSA) is 89.2 Å². The number of rotatable bonds is 3. The van der Waals surface area contributed by atoms with Gasteiger partial charge in [-0.2, -0.15) is 15.0 Å². The van der Waals surface area contributed by atoms with Crippen LogP contribution in [0.5, 0.6) is 6.01 Å². The van der Waals surface area contributed by atoms with Gasteiger partial charge in [0, 0.05) is 12.6 Å². The number of nitrogens with one attached hydrogen (secondary N) is 1. The van der Waals surface area contributed by atoms with E-state index >= 15 is 0 Å². The minimum absolute atomic E-state index is 0.186. The maximum atomic E-state index is 5.62. The highest BCUT2D eigenvalue weighted by atomic mass is 16.5. The Morgan fingerprint density at radius 1 is 1.28 bits per heavy atom. The number of anilines is 2. The van der Waals surface area contributed by atoms with Gasteiger partial charge in [-0.25, -0.2) is 0 Å². The first-order valence-corrected chi connectivity index (χ1v) is 6.29. The van der Waals surface area contributed by atoms with Gasteiger partial charge in [-0.05, 0) is 31.8 Å². The number of nitrogens with zero attached hydrogens (tertiary/aromatic N) is 4. The number of hydrogen-bond acceptors (Lipinski definition) is 7. The summed E-state index contributed by atoms with van der Waals surface area (Å²) in [5, 5.41) is 3.36. The SMILES string of the molecule is COc1nc(N)nc(NC2CN3CCC2CC3)n1. The van der Waals surface area contributed by atoms with Gasteiger partial charge in [-0.3, -0.25) is 0 Å². The third-order valence-corrected chi connectivity index (χ3v) is 3.79. The molecule has 2 bridgehead atoms. The smallest absolute Gasteiger partial charge is 0.322 e. The molecule has 4 rings (SSSR count). The summed E-state index contributed by atoms with van der Waals surface area (Å²) < 4.78 is 4.99. The van der Waals surface area contributed by atoms with Crippen LogP contribution in [-0.4, -0.2) is 52.6 Å². The summed E-state index contributed by atoms with van der Waals surface area (Å²) in [5.74, 6) is 1.41. The molecule has 1 atom stereocenters. The molecule has 3 N–H and O–H groups in total. The quantitative estimate of drug-likeness (QED) is 0.778. The van der Waals surface area contributed by atoms with E-state index < -0.39 is 0 Å². The van der Waals surface area contributed by atoms with Crippen molar-refractivity contribution in [2.24, 2.45) is 5.92 Å². The van der Waals surface area contributed by atoms with Crippen molar-refractivity contribution in [2.45, 2.75) is 18.9 Å². The molecular weight excluding hydrogens is 232 g/mol. The zero-order chi connectivity index (χ0) is 12.5. The van der Waals surface area contributed by atoms with Crippen molar-refractivity contribution in [3.05, 3.63) is 0 Å². The van der Waals surface area contributed by atoms with E-state index in [4.69, 9.17) is 10.5 Å². The summed E-state index contributed by atoms with van der Waals surface area (Å²) in [6.45, 7) is 3.48. The minimum atomic E-state index is 0.186. The second-order valence-corrected chi connectivity index (χ2v) is 4.89. The van der Waals surface area contributed by atoms with Crippen LogP contribution in [0.15, 0.2) is 0 Å². The maximum Gasteiger partial charge on any atom is 0.322 e. The lowest BCUT2D eigenvalue weighted by molar-refractivity contribution is 0.0972. The molecular formula is C11H18N6O. The van der Waals surface area contributed by atoms with Gasteiger partial charge in [-0.15, -0.1) is 0 Å². The Bertz CT molecular complexity index is 432. The van der Waals surface area contributed by atoms with Crippen molar-refractivity contribution in [3.63, 3.8) is 0 Å². The van der Waals surface area contributed by atoms with Crippen molar-refractivity contribution >= 4 is 11.9 Å². The summed E-state index contributed by atoms with van der Waals surface area (Å²) in [7, 11) is 1.52. The summed E-state index contributed by atoms with van der Waals surface area (Å²) >= 11 is 0. The Morgan fingerprint density at radius 2 is 2.06 bits per heavy atom. The van der Waals surface area contributed by atoms with Gasteiger partial charge in [0.2, 0.25) is 11.9 Å². The molecule has 7 nitrogen and oxygen atoms in total. The van der Waals surface area contributed by atoms with Crippen LogP contribution in [-0.2, 0) is 0 Å². The Hall–Kier alpha value is -1.63. The average Bonchev–Trinajstić information content (AvgIpc) is 2.39. The number of fused-ring (bicyclic) bond motifs is 3. The lowest BCUT2D eigenvalue weighted by Crippen LogP contribution is -2.53. The molecule has 3 aliphatic heterocycles. The van der Waals surface area contributed by atoms with E-state index in [9.17, 15) is 0 Å².